The summed E-state index contributed by atoms with van der Waals surface area (Å²) in [5.74, 6) is 1.36. The fraction of sp³-hybridized carbons (Fsp3) is 0.944. The van der Waals surface area contributed by atoms with E-state index in [-0.39, 0.29) is 23.6 Å². The molecule has 2 saturated carbocycles. The third-order valence-corrected chi connectivity index (χ3v) is 6.35. The van der Waals surface area contributed by atoms with Gasteiger partial charge < -0.3 is 14.2 Å². The topological polar surface area (TPSA) is 51.4 Å². The Morgan fingerprint density at radius 3 is 2.91 bits per heavy atom. The molecule has 2 aliphatic heterocycles. The Kier molecular flexibility index (Phi) is 3.73. The van der Waals surface area contributed by atoms with Crippen molar-refractivity contribution < 1.29 is 19.0 Å². The number of unbranched alkanes of at least 4 members (excludes halogenated alkanes) is 1. The number of fused-ring (bicyclic) bond motifs is 2. The van der Waals surface area contributed by atoms with Gasteiger partial charge in [0.05, 0.1) is 36.4 Å². The standard InChI is InChI=1S/C18H28O4/c1-3-4-7-20-17(19)12-5-6-18(15(9-12)22-18)13-8-11(2)16-14(10-13)21-16/h11-16H,3-10H2,1-2H3. The van der Waals surface area contributed by atoms with Crippen molar-refractivity contribution in [2.75, 3.05) is 6.61 Å². The zero-order valence-corrected chi connectivity index (χ0v) is 13.8. The summed E-state index contributed by atoms with van der Waals surface area (Å²) in [7, 11) is 0. The van der Waals surface area contributed by atoms with Gasteiger partial charge in [-0.3, -0.25) is 4.79 Å². The van der Waals surface area contributed by atoms with Crippen molar-refractivity contribution >= 4 is 5.97 Å². The minimum atomic E-state index is 0.000141. The van der Waals surface area contributed by atoms with E-state index in [1.54, 1.807) is 0 Å². The molecule has 0 N–H and O–H groups in total. The Balaban J connectivity index is 1.31. The van der Waals surface area contributed by atoms with E-state index >= 15 is 0 Å². The number of hydrogen-bond donors (Lipinski definition) is 0. The normalized spacial score (nSPS) is 49.0. The van der Waals surface area contributed by atoms with Gasteiger partial charge in [0.2, 0.25) is 0 Å². The van der Waals surface area contributed by atoms with Gasteiger partial charge in [-0.25, -0.2) is 0 Å². The molecule has 0 aromatic heterocycles. The highest BCUT2D eigenvalue weighted by atomic mass is 16.6. The molecule has 2 saturated heterocycles. The first-order valence-corrected chi connectivity index (χ1v) is 9.14. The zero-order valence-electron chi connectivity index (χ0n) is 13.8. The van der Waals surface area contributed by atoms with Crippen LogP contribution in [0.5, 0.6) is 0 Å². The van der Waals surface area contributed by atoms with Crippen LogP contribution in [-0.2, 0) is 19.0 Å². The highest BCUT2D eigenvalue weighted by Crippen LogP contribution is 2.60. The molecule has 0 amide bonds. The van der Waals surface area contributed by atoms with Crippen LogP contribution in [0.4, 0.5) is 0 Å². The van der Waals surface area contributed by atoms with Gasteiger partial charge in [0, 0.05) is 0 Å². The van der Waals surface area contributed by atoms with E-state index in [4.69, 9.17) is 14.2 Å². The van der Waals surface area contributed by atoms with E-state index < -0.39 is 0 Å². The maximum Gasteiger partial charge on any atom is 0.309 e. The molecule has 4 nitrogen and oxygen atoms in total. The second-order valence-corrected chi connectivity index (χ2v) is 7.84. The van der Waals surface area contributed by atoms with Gasteiger partial charge in [-0.1, -0.05) is 20.3 Å². The van der Waals surface area contributed by atoms with E-state index in [0.717, 1.165) is 38.5 Å². The maximum atomic E-state index is 12.1. The molecule has 7 atom stereocenters. The predicted octanol–water partition coefficient (Wildman–Crippen LogP) is 3.08. The first kappa shape index (κ1) is 14.9. The Bertz CT molecular complexity index is 450. The van der Waals surface area contributed by atoms with E-state index in [2.05, 4.69) is 13.8 Å². The van der Waals surface area contributed by atoms with Crippen LogP contribution in [0, 0.1) is 17.8 Å². The number of carbonyl (C=O) groups excluding carboxylic acids is 1. The van der Waals surface area contributed by atoms with Gasteiger partial charge in [0.25, 0.3) is 0 Å². The minimum Gasteiger partial charge on any atom is -0.465 e. The number of ether oxygens (including phenoxy) is 3. The van der Waals surface area contributed by atoms with E-state index in [1.807, 2.05) is 0 Å². The summed E-state index contributed by atoms with van der Waals surface area (Å²) in [6, 6.07) is 0. The average Bonchev–Trinajstić information content (AvgIpc) is 3.39. The predicted molar refractivity (Wildman–Crippen MR) is 81.4 cm³/mol. The quantitative estimate of drug-likeness (QED) is 0.445. The van der Waals surface area contributed by atoms with Gasteiger partial charge in [-0.05, 0) is 50.4 Å². The van der Waals surface area contributed by atoms with Gasteiger partial charge in [-0.15, -0.1) is 0 Å². The number of carbonyl (C=O) groups is 1. The molecule has 4 heteroatoms. The summed E-state index contributed by atoms with van der Waals surface area (Å²) in [5, 5.41) is 0. The van der Waals surface area contributed by atoms with Crippen LogP contribution in [-0.4, -0.2) is 36.5 Å². The van der Waals surface area contributed by atoms with Crippen molar-refractivity contribution in [3.63, 3.8) is 0 Å². The molecule has 2 heterocycles. The van der Waals surface area contributed by atoms with Crippen molar-refractivity contribution in [2.24, 2.45) is 17.8 Å². The molecular formula is C18H28O4. The van der Waals surface area contributed by atoms with Crippen LogP contribution in [0.3, 0.4) is 0 Å². The van der Waals surface area contributed by atoms with Gasteiger partial charge in [0.1, 0.15) is 0 Å². The summed E-state index contributed by atoms with van der Waals surface area (Å²) >= 11 is 0. The SMILES string of the molecule is CCCCOC(=O)C1CCC2(C3CC(C)C4OC4C3)OC2C1. The van der Waals surface area contributed by atoms with Crippen LogP contribution in [0.1, 0.15) is 58.8 Å². The summed E-state index contributed by atoms with van der Waals surface area (Å²) in [4.78, 5) is 12.1. The molecule has 0 radical (unpaired) electrons. The highest BCUT2D eigenvalue weighted by molar-refractivity contribution is 5.72. The summed E-state index contributed by atoms with van der Waals surface area (Å²) in [6.07, 6.45) is 8.55. The Hall–Kier alpha value is -0.610. The fourth-order valence-corrected chi connectivity index (χ4v) is 4.89. The van der Waals surface area contributed by atoms with Crippen molar-refractivity contribution in [1.29, 1.82) is 0 Å². The molecular weight excluding hydrogens is 280 g/mol. The number of hydrogen-bond acceptors (Lipinski definition) is 4. The first-order valence-electron chi connectivity index (χ1n) is 9.14. The maximum absolute atomic E-state index is 12.1. The summed E-state index contributed by atoms with van der Waals surface area (Å²) in [6.45, 7) is 4.99. The second-order valence-electron chi connectivity index (χ2n) is 7.84. The van der Waals surface area contributed by atoms with Gasteiger partial charge >= 0.3 is 5.97 Å². The molecule has 4 aliphatic rings. The molecule has 0 aromatic carbocycles. The molecule has 124 valence electrons. The monoisotopic (exact) mass is 308 g/mol. The lowest BCUT2D eigenvalue weighted by Gasteiger charge is -2.33. The van der Waals surface area contributed by atoms with E-state index in [0.29, 0.717) is 30.7 Å². The second kappa shape index (κ2) is 5.48. The average molecular weight is 308 g/mol. The Labute approximate surface area is 132 Å². The van der Waals surface area contributed by atoms with Crippen LogP contribution in [0.15, 0.2) is 0 Å². The zero-order chi connectivity index (χ0) is 15.3. The largest absolute Gasteiger partial charge is 0.465 e. The van der Waals surface area contributed by atoms with Crippen LogP contribution < -0.4 is 0 Å². The summed E-state index contributed by atoms with van der Waals surface area (Å²) < 4.78 is 17.3. The third-order valence-electron chi connectivity index (χ3n) is 6.35. The van der Waals surface area contributed by atoms with Gasteiger partial charge in [0.15, 0.2) is 0 Å². The number of epoxide rings is 2. The Morgan fingerprint density at radius 1 is 1.32 bits per heavy atom. The fourth-order valence-electron chi connectivity index (χ4n) is 4.89. The van der Waals surface area contributed by atoms with Crippen molar-refractivity contribution in [3.05, 3.63) is 0 Å². The molecule has 0 spiro atoms. The smallest absolute Gasteiger partial charge is 0.309 e. The van der Waals surface area contributed by atoms with Crippen LogP contribution in [0.25, 0.3) is 0 Å². The lowest BCUT2D eigenvalue weighted by atomic mass is 9.68. The highest BCUT2D eigenvalue weighted by Gasteiger charge is 2.66. The Morgan fingerprint density at radius 2 is 2.18 bits per heavy atom. The van der Waals surface area contributed by atoms with Crippen molar-refractivity contribution in [1.82, 2.24) is 0 Å². The lowest BCUT2D eigenvalue weighted by Crippen LogP contribution is -2.38. The number of esters is 1. The van der Waals surface area contributed by atoms with E-state index in [1.165, 1.54) is 6.42 Å². The third kappa shape index (κ3) is 2.48. The molecule has 0 aromatic rings. The van der Waals surface area contributed by atoms with E-state index in [9.17, 15) is 4.79 Å². The van der Waals surface area contributed by atoms with Gasteiger partial charge in [-0.2, -0.15) is 0 Å². The molecule has 22 heavy (non-hydrogen) atoms. The molecule has 7 unspecified atom stereocenters. The molecule has 4 rings (SSSR count). The minimum absolute atomic E-state index is 0.000141. The van der Waals surface area contributed by atoms with Crippen molar-refractivity contribution in [3.8, 4) is 0 Å². The first-order chi connectivity index (χ1) is 10.6. The van der Waals surface area contributed by atoms with Crippen LogP contribution >= 0.6 is 0 Å². The lowest BCUT2D eigenvalue weighted by molar-refractivity contribution is -0.149. The summed E-state index contributed by atoms with van der Waals surface area (Å²) in [5.41, 5.74) is 0.0748. The molecule has 4 fully saturated rings. The molecule has 2 aliphatic carbocycles. The number of rotatable bonds is 5. The van der Waals surface area contributed by atoms with Crippen LogP contribution in [0.2, 0.25) is 0 Å². The molecule has 0 bridgehead atoms. The van der Waals surface area contributed by atoms with Crippen molar-refractivity contribution in [2.45, 2.75) is 82.7 Å².